The Labute approximate surface area is 164 Å². The molecule has 0 saturated carbocycles. The Balaban J connectivity index is 1.67. The second-order valence-electron chi connectivity index (χ2n) is 6.49. The van der Waals surface area contributed by atoms with Crippen molar-refractivity contribution in [3.63, 3.8) is 0 Å². The lowest BCUT2D eigenvalue weighted by Crippen LogP contribution is -2.00. The fourth-order valence-electron chi connectivity index (χ4n) is 2.89. The zero-order valence-corrected chi connectivity index (χ0v) is 16.6. The highest BCUT2D eigenvalue weighted by Crippen LogP contribution is 2.30. The van der Waals surface area contributed by atoms with Gasteiger partial charge in [0.25, 0.3) is 0 Å². The molecule has 3 rings (SSSR count). The maximum atomic E-state index is 11.5. The van der Waals surface area contributed by atoms with Gasteiger partial charge in [0.15, 0.2) is 0 Å². The van der Waals surface area contributed by atoms with Crippen molar-refractivity contribution in [1.29, 1.82) is 0 Å². The van der Waals surface area contributed by atoms with Gasteiger partial charge in [-0.3, -0.25) is 0 Å². The zero-order valence-electron chi connectivity index (χ0n) is 15.8. The highest BCUT2D eigenvalue weighted by atomic mass is 32.1. The molecule has 0 amide bonds. The topological polar surface area (TPSA) is 52.1 Å². The van der Waals surface area contributed by atoms with Gasteiger partial charge in [-0.2, -0.15) is 0 Å². The maximum Gasteiger partial charge on any atom is 0.337 e. The lowest BCUT2D eigenvalue weighted by Gasteiger charge is -2.02. The molecular formula is C22H24N2O2S. The van der Waals surface area contributed by atoms with E-state index >= 15 is 0 Å². The molecule has 1 heterocycles. The molecule has 0 fully saturated rings. The first-order valence-corrected chi connectivity index (χ1v) is 10.1. The number of carbonyl (C=O) groups is 1. The molecule has 0 bridgehead atoms. The van der Waals surface area contributed by atoms with Gasteiger partial charge >= 0.3 is 5.97 Å². The summed E-state index contributed by atoms with van der Waals surface area (Å²) in [6.45, 7) is 2.23. The van der Waals surface area contributed by atoms with Gasteiger partial charge in [-0.25, -0.2) is 4.79 Å². The van der Waals surface area contributed by atoms with E-state index in [1.165, 1.54) is 38.4 Å². The third-order valence-corrected chi connectivity index (χ3v) is 5.52. The lowest BCUT2D eigenvalue weighted by atomic mass is 10.0. The SMILES string of the molecule is CCCCCCc1ccc(-c2nnc(-c3ccc(C(=O)OC)cc3)s2)cc1. The van der Waals surface area contributed by atoms with E-state index < -0.39 is 0 Å². The van der Waals surface area contributed by atoms with E-state index in [1.807, 2.05) is 12.1 Å². The van der Waals surface area contributed by atoms with E-state index in [-0.39, 0.29) is 5.97 Å². The van der Waals surface area contributed by atoms with Crippen molar-refractivity contribution in [2.45, 2.75) is 39.0 Å². The molecule has 0 aliphatic carbocycles. The highest BCUT2D eigenvalue weighted by Gasteiger charge is 2.10. The number of carbonyl (C=O) groups excluding carboxylic acids is 1. The van der Waals surface area contributed by atoms with E-state index in [0.29, 0.717) is 5.56 Å². The van der Waals surface area contributed by atoms with Crippen LogP contribution in [0.15, 0.2) is 48.5 Å². The van der Waals surface area contributed by atoms with Crippen LogP contribution in [0.25, 0.3) is 21.1 Å². The molecule has 1 aromatic heterocycles. The molecule has 5 heteroatoms. The van der Waals surface area contributed by atoms with Gasteiger partial charge in [-0.1, -0.05) is 73.9 Å². The number of rotatable bonds is 8. The number of nitrogens with zero attached hydrogens (tertiary/aromatic N) is 2. The summed E-state index contributed by atoms with van der Waals surface area (Å²) in [5.74, 6) is -0.339. The quantitative estimate of drug-likeness (QED) is 0.367. The van der Waals surface area contributed by atoms with Crippen molar-refractivity contribution in [3.05, 3.63) is 59.7 Å². The maximum absolute atomic E-state index is 11.5. The third kappa shape index (κ3) is 5.01. The van der Waals surface area contributed by atoms with Gasteiger partial charge in [0, 0.05) is 11.1 Å². The molecule has 2 aromatic carbocycles. The second kappa shape index (κ2) is 9.42. The Kier molecular flexibility index (Phi) is 6.71. The summed E-state index contributed by atoms with van der Waals surface area (Å²) in [7, 11) is 1.38. The third-order valence-electron chi connectivity index (χ3n) is 4.50. The summed E-state index contributed by atoms with van der Waals surface area (Å²) in [5, 5.41) is 10.4. The number of benzene rings is 2. The molecule has 4 nitrogen and oxygen atoms in total. The number of aromatic nitrogens is 2. The van der Waals surface area contributed by atoms with Gasteiger partial charge in [-0.05, 0) is 30.5 Å². The first kappa shape index (κ1) is 19.2. The number of methoxy groups -OCH3 is 1. The standard InChI is InChI=1S/C22H24N2O2S/c1-3-4-5-6-7-16-8-10-17(11-9-16)20-23-24-21(27-20)18-12-14-19(15-13-18)22(25)26-2/h8-15H,3-7H2,1-2H3. The average molecular weight is 381 g/mol. The van der Waals surface area contributed by atoms with Gasteiger partial charge in [0.1, 0.15) is 10.0 Å². The Morgan fingerprint density at radius 1 is 0.889 bits per heavy atom. The number of aryl methyl sites for hydroxylation is 1. The Bertz CT molecular complexity index is 870. The van der Waals surface area contributed by atoms with Crippen molar-refractivity contribution in [1.82, 2.24) is 10.2 Å². The van der Waals surface area contributed by atoms with Crippen LogP contribution < -0.4 is 0 Å². The molecule has 0 radical (unpaired) electrons. The molecule has 0 aliphatic rings. The summed E-state index contributed by atoms with van der Waals surface area (Å²) >= 11 is 1.55. The van der Waals surface area contributed by atoms with Crippen LogP contribution in [0.4, 0.5) is 0 Å². The van der Waals surface area contributed by atoms with Crippen molar-refractivity contribution < 1.29 is 9.53 Å². The molecule has 0 unspecified atom stereocenters. The molecule has 140 valence electrons. The van der Waals surface area contributed by atoms with Gasteiger partial charge in [-0.15, -0.1) is 10.2 Å². The highest BCUT2D eigenvalue weighted by molar-refractivity contribution is 7.17. The minimum atomic E-state index is -0.339. The summed E-state index contributed by atoms with van der Waals surface area (Å²) < 4.78 is 4.73. The number of unbranched alkanes of at least 4 members (excludes halogenated alkanes) is 3. The van der Waals surface area contributed by atoms with Crippen molar-refractivity contribution >= 4 is 17.3 Å². The van der Waals surface area contributed by atoms with Crippen LogP contribution in [-0.4, -0.2) is 23.3 Å². The van der Waals surface area contributed by atoms with E-state index in [4.69, 9.17) is 4.74 Å². The summed E-state index contributed by atoms with van der Waals surface area (Å²) in [4.78, 5) is 11.5. The zero-order chi connectivity index (χ0) is 19.1. The first-order valence-electron chi connectivity index (χ1n) is 9.33. The average Bonchev–Trinajstić information content (AvgIpc) is 3.21. The first-order chi connectivity index (χ1) is 13.2. The molecule has 0 N–H and O–H groups in total. The molecule has 0 spiro atoms. The van der Waals surface area contributed by atoms with Crippen LogP contribution in [0, 0.1) is 0 Å². The van der Waals surface area contributed by atoms with Crippen molar-refractivity contribution in [2.75, 3.05) is 7.11 Å². The Morgan fingerprint density at radius 3 is 2.04 bits per heavy atom. The molecule has 27 heavy (non-hydrogen) atoms. The van der Waals surface area contributed by atoms with Crippen molar-refractivity contribution in [3.8, 4) is 21.1 Å². The van der Waals surface area contributed by atoms with Crippen LogP contribution in [0.2, 0.25) is 0 Å². The van der Waals surface area contributed by atoms with Gasteiger partial charge < -0.3 is 4.74 Å². The lowest BCUT2D eigenvalue weighted by molar-refractivity contribution is 0.0601. The fraction of sp³-hybridized carbons (Fsp3) is 0.318. The van der Waals surface area contributed by atoms with Crippen LogP contribution >= 0.6 is 11.3 Å². The summed E-state index contributed by atoms with van der Waals surface area (Å²) in [6, 6.07) is 15.9. The van der Waals surface area contributed by atoms with E-state index in [2.05, 4.69) is 41.4 Å². The smallest absolute Gasteiger partial charge is 0.337 e. The van der Waals surface area contributed by atoms with E-state index in [1.54, 1.807) is 23.5 Å². The Hall–Kier alpha value is -2.53. The summed E-state index contributed by atoms with van der Waals surface area (Å²) in [6.07, 6.45) is 6.26. The largest absolute Gasteiger partial charge is 0.465 e. The van der Waals surface area contributed by atoms with Crippen LogP contribution in [0.1, 0.15) is 48.5 Å². The van der Waals surface area contributed by atoms with Crippen molar-refractivity contribution in [2.24, 2.45) is 0 Å². The number of hydrogen-bond acceptors (Lipinski definition) is 5. The fourth-order valence-corrected chi connectivity index (χ4v) is 3.75. The van der Waals surface area contributed by atoms with E-state index in [0.717, 1.165) is 27.6 Å². The predicted molar refractivity (Wildman–Crippen MR) is 110 cm³/mol. The predicted octanol–water partition coefficient (Wildman–Crippen LogP) is 5.78. The van der Waals surface area contributed by atoms with Gasteiger partial charge in [0.05, 0.1) is 12.7 Å². The van der Waals surface area contributed by atoms with Crippen LogP contribution in [-0.2, 0) is 11.2 Å². The number of hydrogen-bond donors (Lipinski definition) is 0. The molecule has 0 saturated heterocycles. The second-order valence-corrected chi connectivity index (χ2v) is 7.47. The monoisotopic (exact) mass is 380 g/mol. The molecule has 3 aromatic rings. The number of esters is 1. The number of ether oxygens (including phenoxy) is 1. The summed E-state index contributed by atoms with van der Waals surface area (Å²) in [5.41, 5.74) is 3.93. The van der Waals surface area contributed by atoms with Crippen LogP contribution in [0.5, 0.6) is 0 Å². The van der Waals surface area contributed by atoms with Crippen LogP contribution in [0.3, 0.4) is 0 Å². The Morgan fingerprint density at radius 2 is 1.48 bits per heavy atom. The molecule has 0 aliphatic heterocycles. The minimum absolute atomic E-state index is 0.339. The normalized spacial score (nSPS) is 10.7. The van der Waals surface area contributed by atoms with E-state index in [9.17, 15) is 4.79 Å². The molecular weight excluding hydrogens is 356 g/mol. The minimum Gasteiger partial charge on any atom is -0.465 e. The van der Waals surface area contributed by atoms with Gasteiger partial charge in [0.2, 0.25) is 0 Å². The molecule has 0 atom stereocenters.